The highest BCUT2D eigenvalue weighted by molar-refractivity contribution is 7.14. The molecule has 18 heavy (non-hydrogen) atoms. The van der Waals surface area contributed by atoms with Crippen molar-refractivity contribution < 1.29 is 9.59 Å². The fourth-order valence-corrected chi connectivity index (χ4v) is 3.04. The van der Waals surface area contributed by atoms with Crippen LogP contribution in [-0.4, -0.2) is 18.2 Å². The summed E-state index contributed by atoms with van der Waals surface area (Å²) < 4.78 is 0. The largest absolute Gasteiger partial charge is 0.351 e. The van der Waals surface area contributed by atoms with Gasteiger partial charge in [0.25, 0.3) is 5.91 Å². The molecule has 0 bridgehead atoms. The molecule has 0 aliphatic rings. The molecule has 3 nitrogen and oxygen atoms in total. The Hall–Kier alpha value is -1.46. The predicted molar refractivity (Wildman–Crippen MR) is 74.7 cm³/mol. The second-order valence-corrected chi connectivity index (χ2v) is 5.92. The molecule has 0 fully saturated rings. The van der Waals surface area contributed by atoms with E-state index in [4.69, 9.17) is 0 Å². The summed E-state index contributed by atoms with van der Waals surface area (Å²) in [6.07, 6.45) is 0.759. The number of ketones is 1. The van der Waals surface area contributed by atoms with Gasteiger partial charge in [0.05, 0.1) is 9.75 Å². The van der Waals surface area contributed by atoms with Gasteiger partial charge in [-0.05, 0) is 36.9 Å². The summed E-state index contributed by atoms with van der Waals surface area (Å²) in [6, 6.07) is 7.44. The first kappa shape index (κ1) is 13.0. The Morgan fingerprint density at radius 3 is 2.67 bits per heavy atom. The highest BCUT2D eigenvalue weighted by Crippen LogP contribution is 2.17. The molecule has 0 aromatic carbocycles. The van der Waals surface area contributed by atoms with E-state index in [0.717, 1.165) is 21.1 Å². The summed E-state index contributed by atoms with van der Waals surface area (Å²) in [5.74, 6) is 0.0576. The Morgan fingerprint density at radius 1 is 1.22 bits per heavy atom. The molecule has 1 amide bonds. The van der Waals surface area contributed by atoms with Gasteiger partial charge in [0, 0.05) is 11.4 Å². The maximum absolute atomic E-state index is 11.7. The lowest BCUT2D eigenvalue weighted by Crippen LogP contribution is -2.24. The lowest BCUT2D eigenvalue weighted by Gasteiger charge is -2.01. The van der Waals surface area contributed by atoms with Crippen molar-refractivity contribution in [3.05, 3.63) is 44.3 Å². The molecule has 2 aromatic rings. The molecule has 0 saturated carbocycles. The minimum Gasteiger partial charge on any atom is -0.351 e. The Kier molecular flexibility index (Phi) is 4.28. The zero-order valence-corrected chi connectivity index (χ0v) is 11.6. The van der Waals surface area contributed by atoms with Crippen molar-refractivity contribution in [3.63, 3.8) is 0 Å². The van der Waals surface area contributed by atoms with Crippen LogP contribution in [0.4, 0.5) is 0 Å². The number of amides is 1. The van der Waals surface area contributed by atoms with Crippen molar-refractivity contribution in [3.8, 4) is 0 Å². The van der Waals surface area contributed by atoms with Gasteiger partial charge < -0.3 is 5.32 Å². The van der Waals surface area contributed by atoms with Crippen LogP contribution in [0.5, 0.6) is 0 Å². The Bertz CT molecular complexity index is 543. The van der Waals surface area contributed by atoms with Crippen molar-refractivity contribution in [2.45, 2.75) is 13.3 Å². The van der Waals surface area contributed by atoms with Crippen molar-refractivity contribution >= 4 is 34.4 Å². The van der Waals surface area contributed by atoms with E-state index < -0.39 is 0 Å². The quantitative estimate of drug-likeness (QED) is 0.855. The fraction of sp³-hybridized carbons (Fsp3) is 0.231. The molecule has 0 aliphatic heterocycles. The van der Waals surface area contributed by atoms with E-state index in [1.807, 2.05) is 23.6 Å². The summed E-state index contributed by atoms with van der Waals surface area (Å²) in [5, 5.41) is 4.75. The molecule has 0 spiro atoms. The average molecular weight is 279 g/mol. The van der Waals surface area contributed by atoms with Crippen LogP contribution < -0.4 is 5.32 Å². The number of hydrogen-bond donors (Lipinski definition) is 1. The van der Waals surface area contributed by atoms with Crippen LogP contribution >= 0.6 is 22.7 Å². The van der Waals surface area contributed by atoms with Crippen molar-refractivity contribution in [1.82, 2.24) is 5.32 Å². The van der Waals surface area contributed by atoms with Gasteiger partial charge in [0.15, 0.2) is 5.78 Å². The lowest BCUT2D eigenvalue weighted by molar-refractivity contribution is 0.0957. The number of carbonyl (C=O) groups is 2. The normalized spacial score (nSPS) is 10.3. The third-order valence-electron chi connectivity index (χ3n) is 2.41. The average Bonchev–Trinajstić information content (AvgIpc) is 3.00. The molecule has 2 heterocycles. The first-order chi connectivity index (χ1) is 8.66. The zero-order valence-electron chi connectivity index (χ0n) is 9.93. The minimum atomic E-state index is -0.0339. The van der Waals surface area contributed by atoms with E-state index in [9.17, 15) is 9.59 Å². The highest BCUT2D eigenvalue weighted by Gasteiger charge is 2.07. The van der Waals surface area contributed by atoms with Gasteiger partial charge in [-0.15, -0.1) is 22.7 Å². The van der Waals surface area contributed by atoms with E-state index in [-0.39, 0.29) is 11.7 Å². The van der Waals surface area contributed by atoms with Crippen LogP contribution in [0.2, 0.25) is 0 Å². The lowest BCUT2D eigenvalue weighted by atomic mass is 10.3. The van der Waals surface area contributed by atoms with Gasteiger partial charge in [-0.25, -0.2) is 0 Å². The summed E-state index contributed by atoms with van der Waals surface area (Å²) >= 11 is 2.92. The Morgan fingerprint density at radius 2 is 2.06 bits per heavy atom. The van der Waals surface area contributed by atoms with E-state index in [2.05, 4.69) is 5.32 Å². The van der Waals surface area contributed by atoms with Crippen molar-refractivity contribution in [1.29, 1.82) is 0 Å². The Balaban J connectivity index is 1.81. The van der Waals surface area contributed by atoms with Gasteiger partial charge in [0.1, 0.15) is 0 Å². The van der Waals surface area contributed by atoms with Gasteiger partial charge >= 0.3 is 0 Å². The number of rotatable bonds is 5. The van der Waals surface area contributed by atoms with E-state index in [1.165, 1.54) is 22.7 Å². The monoisotopic (exact) mass is 279 g/mol. The highest BCUT2D eigenvalue weighted by atomic mass is 32.1. The van der Waals surface area contributed by atoms with Crippen LogP contribution in [0.3, 0.4) is 0 Å². The number of thiophene rings is 2. The standard InChI is InChI=1S/C13H13NO2S2/c1-9(15)11-5-4-10(18-11)6-7-14-13(16)12-3-2-8-17-12/h2-5,8H,6-7H2,1H3,(H,14,16). The van der Waals surface area contributed by atoms with Gasteiger partial charge in [0.2, 0.25) is 0 Å². The molecular formula is C13H13NO2S2. The second-order valence-electron chi connectivity index (χ2n) is 3.81. The van der Waals surface area contributed by atoms with Crippen LogP contribution in [0.1, 0.15) is 31.1 Å². The molecule has 0 atom stereocenters. The maximum atomic E-state index is 11.7. The molecule has 0 aliphatic carbocycles. The van der Waals surface area contributed by atoms with Gasteiger partial charge in [-0.2, -0.15) is 0 Å². The van der Waals surface area contributed by atoms with E-state index in [0.29, 0.717) is 6.54 Å². The first-order valence-corrected chi connectivity index (χ1v) is 7.28. The molecular weight excluding hydrogens is 266 g/mol. The van der Waals surface area contributed by atoms with Gasteiger partial charge in [-0.1, -0.05) is 6.07 Å². The number of nitrogens with one attached hydrogen (secondary N) is 1. The summed E-state index contributed by atoms with van der Waals surface area (Å²) in [7, 11) is 0. The molecule has 5 heteroatoms. The molecule has 2 aromatic heterocycles. The fourth-order valence-electron chi connectivity index (χ4n) is 1.50. The molecule has 0 unspecified atom stereocenters. The topological polar surface area (TPSA) is 46.2 Å². The summed E-state index contributed by atoms with van der Waals surface area (Å²) in [4.78, 5) is 25.4. The molecule has 0 radical (unpaired) electrons. The first-order valence-electron chi connectivity index (χ1n) is 5.58. The van der Waals surface area contributed by atoms with Crippen molar-refractivity contribution in [2.24, 2.45) is 0 Å². The minimum absolute atomic E-state index is 0.0339. The maximum Gasteiger partial charge on any atom is 0.261 e. The van der Waals surface area contributed by atoms with E-state index >= 15 is 0 Å². The molecule has 2 rings (SSSR count). The van der Waals surface area contributed by atoms with E-state index in [1.54, 1.807) is 13.0 Å². The molecule has 94 valence electrons. The summed E-state index contributed by atoms with van der Waals surface area (Å²) in [6.45, 7) is 2.16. The SMILES string of the molecule is CC(=O)c1ccc(CCNC(=O)c2cccs2)s1. The van der Waals surface area contributed by atoms with Crippen LogP contribution in [0.25, 0.3) is 0 Å². The zero-order chi connectivity index (χ0) is 13.0. The van der Waals surface area contributed by atoms with Crippen LogP contribution in [0.15, 0.2) is 29.6 Å². The predicted octanol–water partition coefficient (Wildman–Crippen LogP) is 2.98. The number of hydrogen-bond acceptors (Lipinski definition) is 4. The third-order valence-corrected chi connectivity index (χ3v) is 4.53. The van der Waals surface area contributed by atoms with Crippen LogP contribution in [0, 0.1) is 0 Å². The second kappa shape index (κ2) is 5.93. The number of Topliss-reactive ketones (excluding diaryl/α,β-unsaturated/α-hetero) is 1. The molecule has 1 N–H and O–H groups in total. The van der Waals surface area contributed by atoms with Crippen molar-refractivity contribution in [2.75, 3.05) is 6.54 Å². The number of carbonyl (C=O) groups excluding carboxylic acids is 2. The summed E-state index contributed by atoms with van der Waals surface area (Å²) in [5.41, 5.74) is 0. The smallest absolute Gasteiger partial charge is 0.261 e. The van der Waals surface area contributed by atoms with Gasteiger partial charge in [-0.3, -0.25) is 9.59 Å². The van der Waals surface area contributed by atoms with Crippen LogP contribution in [-0.2, 0) is 6.42 Å². The molecule has 0 saturated heterocycles. The third kappa shape index (κ3) is 3.27. The Labute approximate surface area is 113 Å².